The maximum atomic E-state index is 12.7. The van der Waals surface area contributed by atoms with E-state index in [0.29, 0.717) is 50.4 Å². The van der Waals surface area contributed by atoms with Crippen molar-refractivity contribution in [2.75, 3.05) is 26.3 Å². The number of benzene rings is 1. The van der Waals surface area contributed by atoms with E-state index in [1.54, 1.807) is 11.8 Å². The predicted octanol–water partition coefficient (Wildman–Crippen LogP) is 1.07. The van der Waals surface area contributed by atoms with E-state index < -0.39 is 5.79 Å². The summed E-state index contributed by atoms with van der Waals surface area (Å²) in [7, 11) is 0. The summed E-state index contributed by atoms with van der Waals surface area (Å²) in [5.74, 6) is -0.571. The molecule has 1 aromatic carbocycles. The van der Waals surface area contributed by atoms with Gasteiger partial charge in [0.15, 0.2) is 5.79 Å². The molecule has 2 aliphatic rings. The summed E-state index contributed by atoms with van der Waals surface area (Å²) in [6.45, 7) is 4.09. The predicted molar refractivity (Wildman–Crippen MR) is 91.2 cm³/mol. The number of aryl methyl sites for hydroxylation is 1. The molecular weight excluding hydrogens is 322 g/mol. The Balaban J connectivity index is 1.55. The highest BCUT2D eigenvalue weighted by molar-refractivity contribution is 5.80. The Morgan fingerprint density at radius 1 is 1.20 bits per heavy atom. The Hall–Kier alpha value is -2.25. The minimum atomic E-state index is -0.506. The summed E-state index contributed by atoms with van der Waals surface area (Å²) < 4.78 is 12.9. The van der Waals surface area contributed by atoms with Crippen LogP contribution in [0.25, 0.3) is 11.0 Å². The van der Waals surface area contributed by atoms with Gasteiger partial charge in [-0.1, -0.05) is 12.1 Å². The van der Waals surface area contributed by atoms with E-state index in [2.05, 4.69) is 4.98 Å². The molecule has 7 heteroatoms. The summed E-state index contributed by atoms with van der Waals surface area (Å²) in [6.07, 6.45) is 1.34. The van der Waals surface area contributed by atoms with Crippen LogP contribution < -0.4 is 5.56 Å². The monoisotopic (exact) mass is 343 g/mol. The largest absolute Gasteiger partial charge is 0.347 e. The van der Waals surface area contributed by atoms with Gasteiger partial charge in [0.05, 0.1) is 24.2 Å². The molecule has 4 rings (SSSR count). The van der Waals surface area contributed by atoms with Crippen LogP contribution in [-0.2, 0) is 20.8 Å². The molecular formula is C18H21N3O4. The second kappa shape index (κ2) is 6.24. The summed E-state index contributed by atoms with van der Waals surface area (Å²) in [4.78, 5) is 31.3. The van der Waals surface area contributed by atoms with Gasteiger partial charge in [-0.2, -0.15) is 0 Å². The van der Waals surface area contributed by atoms with Crippen molar-refractivity contribution in [3.8, 4) is 0 Å². The molecule has 1 spiro atoms. The lowest BCUT2D eigenvalue weighted by molar-refractivity contribution is -0.187. The zero-order chi connectivity index (χ0) is 17.4. The van der Waals surface area contributed by atoms with Crippen molar-refractivity contribution in [3.63, 3.8) is 0 Å². The standard InChI is InChI=1S/C18H21N3O4/c1-13-17(23)21(15-5-3-2-4-14(15)19-13)12-16(22)20-8-6-18(7-9-20)24-10-11-25-18/h2-5H,6-12H2,1H3. The van der Waals surface area contributed by atoms with Crippen LogP contribution in [0.1, 0.15) is 18.5 Å². The first-order chi connectivity index (χ1) is 12.1. The van der Waals surface area contributed by atoms with E-state index >= 15 is 0 Å². The van der Waals surface area contributed by atoms with E-state index in [1.165, 1.54) is 4.57 Å². The van der Waals surface area contributed by atoms with Gasteiger partial charge in [0.1, 0.15) is 12.2 Å². The highest BCUT2D eigenvalue weighted by atomic mass is 16.7. The number of amides is 1. The molecule has 1 aromatic heterocycles. The fourth-order valence-electron chi connectivity index (χ4n) is 3.59. The fraction of sp³-hybridized carbons (Fsp3) is 0.500. The molecule has 0 unspecified atom stereocenters. The first-order valence-electron chi connectivity index (χ1n) is 8.60. The third-order valence-corrected chi connectivity index (χ3v) is 5.00. The number of aromatic nitrogens is 2. The number of nitrogens with zero attached hydrogens (tertiary/aromatic N) is 3. The van der Waals surface area contributed by atoms with Gasteiger partial charge >= 0.3 is 0 Å². The highest BCUT2D eigenvalue weighted by Gasteiger charge is 2.40. The zero-order valence-electron chi connectivity index (χ0n) is 14.2. The molecule has 1 amide bonds. The summed E-state index contributed by atoms with van der Waals surface area (Å²) in [6, 6.07) is 7.39. The van der Waals surface area contributed by atoms with Crippen LogP contribution in [0.2, 0.25) is 0 Å². The topological polar surface area (TPSA) is 73.7 Å². The second-order valence-electron chi connectivity index (χ2n) is 6.57. The Labute approximate surface area is 145 Å². The highest BCUT2D eigenvalue weighted by Crippen LogP contribution is 2.31. The summed E-state index contributed by atoms with van der Waals surface area (Å²) in [5, 5.41) is 0. The molecule has 0 N–H and O–H groups in total. The van der Waals surface area contributed by atoms with Crippen molar-refractivity contribution < 1.29 is 14.3 Å². The maximum absolute atomic E-state index is 12.7. The number of likely N-dealkylation sites (tertiary alicyclic amines) is 1. The molecule has 2 saturated heterocycles. The number of para-hydroxylation sites is 2. The third-order valence-electron chi connectivity index (χ3n) is 5.00. The number of carbonyl (C=O) groups excluding carboxylic acids is 1. The second-order valence-corrected chi connectivity index (χ2v) is 6.57. The summed E-state index contributed by atoms with van der Waals surface area (Å²) in [5.41, 5.74) is 1.58. The lowest BCUT2D eigenvalue weighted by Gasteiger charge is -2.37. The molecule has 2 aromatic rings. The minimum absolute atomic E-state index is 0.0252. The number of hydrogen-bond donors (Lipinski definition) is 0. The van der Waals surface area contributed by atoms with Crippen LogP contribution in [0.3, 0.4) is 0 Å². The SMILES string of the molecule is Cc1nc2ccccc2n(CC(=O)N2CCC3(CC2)OCCO3)c1=O. The molecule has 0 saturated carbocycles. The molecule has 132 valence electrons. The van der Waals surface area contributed by atoms with Crippen molar-refractivity contribution in [2.24, 2.45) is 0 Å². The van der Waals surface area contributed by atoms with Gasteiger partial charge in [-0.3, -0.25) is 14.2 Å². The summed E-state index contributed by atoms with van der Waals surface area (Å²) >= 11 is 0. The Morgan fingerprint density at radius 2 is 1.88 bits per heavy atom. The van der Waals surface area contributed by atoms with Crippen LogP contribution in [0.15, 0.2) is 29.1 Å². The molecule has 0 bridgehead atoms. The van der Waals surface area contributed by atoms with Gasteiger partial charge in [-0.25, -0.2) is 4.98 Å². The van der Waals surface area contributed by atoms with Crippen LogP contribution in [0.4, 0.5) is 0 Å². The van der Waals surface area contributed by atoms with E-state index in [0.717, 1.165) is 5.52 Å². The van der Waals surface area contributed by atoms with Crippen molar-refractivity contribution in [3.05, 3.63) is 40.3 Å². The number of carbonyl (C=O) groups is 1. The lowest BCUT2D eigenvalue weighted by atomic mass is 10.0. The Morgan fingerprint density at radius 3 is 2.60 bits per heavy atom. The van der Waals surface area contributed by atoms with Crippen molar-refractivity contribution in [1.82, 2.24) is 14.5 Å². The maximum Gasteiger partial charge on any atom is 0.272 e. The van der Waals surface area contributed by atoms with Gasteiger partial charge in [0, 0.05) is 25.9 Å². The van der Waals surface area contributed by atoms with Crippen LogP contribution in [0.5, 0.6) is 0 Å². The first-order valence-corrected chi connectivity index (χ1v) is 8.60. The molecule has 2 aliphatic heterocycles. The molecule has 0 aliphatic carbocycles. The zero-order valence-corrected chi connectivity index (χ0v) is 14.2. The first kappa shape index (κ1) is 16.2. The third kappa shape index (κ3) is 2.94. The van der Waals surface area contributed by atoms with Gasteiger partial charge in [-0.05, 0) is 19.1 Å². The van der Waals surface area contributed by atoms with E-state index in [9.17, 15) is 9.59 Å². The number of rotatable bonds is 2. The van der Waals surface area contributed by atoms with Crippen molar-refractivity contribution in [1.29, 1.82) is 0 Å². The number of fused-ring (bicyclic) bond motifs is 1. The average molecular weight is 343 g/mol. The number of piperidine rings is 1. The quantitative estimate of drug-likeness (QED) is 0.815. The van der Waals surface area contributed by atoms with Crippen LogP contribution in [0, 0.1) is 6.92 Å². The van der Waals surface area contributed by atoms with Gasteiger partial charge < -0.3 is 14.4 Å². The minimum Gasteiger partial charge on any atom is -0.347 e. The number of ether oxygens (including phenoxy) is 2. The van der Waals surface area contributed by atoms with E-state index in [1.807, 2.05) is 24.3 Å². The molecule has 2 fully saturated rings. The van der Waals surface area contributed by atoms with Crippen molar-refractivity contribution in [2.45, 2.75) is 32.1 Å². The normalized spacial score (nSPS) is 19.6. The van der Waals surface area contributed by atoms with Gasteiger partial charge in [0.25, 0.3) is 5.56 Å². The molecule has 0 radical (unpaired) electrons. The van der Waals surface area contributed by atoms with E-state index in [4.69, 9.17) is 9.47 Å². The number of hydrogen-bond acceptors (Lipinski definition) is 5. The van der Waals surface area contributed by atoms with Gasteiger partial charge in [0.2, 0.25) is 5.91 Å². The van der Waals surface area contributed by atoms with Gasteiger partial charge in [-0.15, -0.1) is 0 Å². The fourth-order valence-corrected chi connectivity index (χ4v) is 3.59. The lowest BCUT2D eigenvalue weighted by Crippen LogP contribution is -2.48. The molecule has 7 nitrogen and oxygen atoms in total. The average Bonchev–Trinajstić information content (AvgIpc) is 3.07. The Kier molecular flexibility index (Phi) is 4.05. The smallest absolute Gasteiger partial charge is 0.272 e. The van der Waals surface area contributed by atoms with Crippen molar-refractivity contribution >= 4 is 16.9 Å². The van der Waals surface area contributed by atoms with E-state index in [-0.39, 0.29) is 18.0 Å². The Bertz CT molecular complexity index is 860. The van der Waals surface area contributed by atoms with Crippen LogP contribution >= 0.6 is 0 Å². The molecule has 0 atom stereocenters. The molecule has 25 heavy (non-hydrogen) atoms. The van der Waals surface area contributed by atoms with Crippen LogP contribution in [-0.4, -0.2) is 52.4 Å². The molecule has 3 heterocycles.